The van der Waals surface area contributed by atoms with Gasteiger partial charge in [0, 0.05) is 31.7 Å². The van der Waals surface area contributed by atoms with Gasteiger partial charge in [0.2, 0.25) is 0 Å². The second-order valence-electron chi connectivity index (χ2n) is 5.12. The highest BCUT2D eigenvalue weighted by Crippen LogP contribution is 2.54. The Morgan fingerprint density at radius 3 is 2.69 bits per heavy atom. The van der Waals surface area contributed by atoms with E-state index in [0.717, 1.165) is 19.8 Å². The van der Waals surface area contributed by atoms with Gasteiger partial charge in [-0.2, -0.15) is 0 Å². The van der Waals surface area contributed by atoms with Gasteiger partial charge in [-0.1, -0.05) is 12.8 Å². The molecule has 2 saturated carbocycles. The van der Waals surface area contributed by atoms with E-state index < -0.39 is 0 Å². The fourth-order valence-electron chi connectivity index (χ4n) is 3.51. The van der Waals surface area contributed by atoms with Crippen LogP contribution in [-0.2, 0) is 9.47 Å². The molecule has 16 heavy (non-hydrogen) atoms. The summed E-state index contributed by atoms with van der Waals surface area (Å²) in [5.41, 5.74) is 0.462. The Hall–Kier alpha value is -0.120. The van der Waals surface area contributed by atoms with Crippen LogP contribution in [0.5, 0.6) is 0 Å². The van der Waals surface area contributed by atoms with Crippen molar-refractivity contribution in [2.45, 2.75) is 51.2 Å². The number of hydrogen-bond donors (Lipinski definition) is 1. The van der Waals surface area contributed by atoms with Gasteiger partial charge in [0.15, 0.2) is 0 Å². The standard InChI is InChI=1S/C13H25NO2/c1-3-16-12-10-11(14-8-9-15-2)13(12)6-4-5-7-13/h11-12,14H,3-10H2,1-2H3. The molecule has 0 radical (unpaired) electrons. The third-order valence-electron chi connectivity index (χ3n) is 4.38. The summed E-state index contributed by atoms with van der Waals surface area (Å²) in [5.74, 6) is 0. The number of hydrogen-bond acceptors (Lipinski definition) is 3. The number of nitrogens with one attached hydrogen (secondary N) is 1. The zero-order chi connectivity index (χ0) is 11.4. The smallest absolute Gasteiger partial charge is 0.0661 e. The van der Waals surface area contributed by atoms with E-state index in [-0.39, 0.29) is 0 Å². The first kappa shape index (κ1) is 12.3. The summed E-state index contributed by atoms with van der Waals surface area (Å²) in [6, 6.07) is 0.668. The first-order valence-corrected chi connectivity index (χ1v) is 6.67. The van der Waals surface area contributed by atoms with Gasteiger partial charge < -0.3 is 14.8 Å². The maximum atomic E-state index is 5.88. The third-order valence-corrected chi connectivity index (χ3v) is 4.38. The maximum Gasteiger partial charge on any atom is 0.0661 e. The normalized spacial score (nSPS) is 31.9. The molecule has 94 valence electrons. The van der Waals surface area contributed by atoms with Crippen LogP contribution in [0.4, 0.5) is 0 Å². The van der Waals surface area contributed by atoms with Crippen LogP contribution in [0.15, 0.2) is 0 Å². The average molecular weight is 227 g/mol. The molecule has 0 aromatic heterocycles. The zero-order valence-corrected chi connectivity index (χ0v) is 10.6. The molecule has 2 aliphatic carbocycles. The molecular formula is C13H25NO2. The van der Waals surface area contributed by atoms with Gasteiger partial charge in [0.1, 0.15) is 0 Å². The average Bonchev–Trinajstić information content (AvgIpc) is 2.79. The molecule has 0 aromatic carbocycles. The van der Waals surface area contributed by atoms with E-state index in [2.05, 4.69) is 12.2 Å². The summed E-state index contributed by atoms with van der Waals surface area (Å²) < 4.78 is 11.0. The number of ether oxygens (including phenoxy) is 2. The Bertz CT molecular complexity index is 212. The van der Waals surface area contributed by atoms with E-state index in [9.17, 15) is 0 Å². The van der Waals surface area contributed by atoms with Crippen molar-refractivity contribution in [3.05, 3.63) is 0 Å². The molecule has 1 spiro atoms. The van der Waals surface area contributed by atoms with Crippen molar-refractivity contribution in [2.24, 2.45) is 5.41 Å². The second kappa shape index (κ2) is 5.48. The van der Waals surface area contributed by atoms with Crippen LogP contribution in [0.3, 0.4) is 0 Å². The van der Waals surface area contributed by atoms with Crippen molar-refractivity contribution in [3.63, 3.8) is 0 Å². The molecule has 2 fully saturated rings. The quantitative estimate of drug-likeness (QED) is 0.704. The topological polar surface area (TPSA) is 30.5 Å². The first-order chi connectivity index (χ1) is 7.83. The molecule has 0 bridgehead atoms. The molecule has 0 heterocycles. The van der Waals surface area contributed by atoms with E-state index in [1.54, 1.807) is 7.11 Å². The highest BCUT2D eigenvalue weighted by molar-refractivity contribution is 5.09. The molecule has 0 aromatic rings. The fraction of sp³-hybridized carbons (Fsp3) is 1.00. The predicted molar refractivity (Wildman–Crippen MR) is 64.6 cm³/mol. The monoisotopic (exact) mass is 227 g/mol. The highest BCUT2D eigenvalue weighted by atomic mass is 16.5. The van der Waals surface area contributed by atoms with Crippen molar-refractivity contribution < 1.29 is 9.47 Å². The minimum atomic E-state index is 0.462. The van der Waals surface area contributed by atoms with Crippen LogP contribution in [0.2, 0.25) is 0 Å². The number of rotatable bonds is 6. The molecule has 0 aliphatic heterocycles. The molecule has 0 saturated heterocycles. The molecule has 0 amide bonds. The van der Waals surface area contributed by atoms with Crippen LogP contribution >= 0.6 is 0 Å². The zero-order valence-electron chi connectivity index (χ0n) is 10.6. The van der Waals surface area contributed by atoms with Crippen LogP contribution < -0.4 is 5.32 Å². The van der Waals surface area contributed by atoms with Crippen LogP contribution in [0.25, 0.3) is 0 Å². The Kier molecular flexibility index (Phi) is 4.22. The van der Waals surface area contributed by atoms with Crippen LogP contribution in [0, 0.1) is 5.41 Å². The lowest BCUT2D eigenvalue weighted by atomic mass is 9.60. The lowest BCUT2D eigenvalue weighted by molar-refractivity contribution is -0.130. The maximum absolute atomic E-state index is 5.88. The molecule has 3 heteroatoms. The first-order valence-electron chi connectivity index (χ1n) is 6.67. The van der Waals surface area contributed by atoms with Gasteiger partial charge in [-0.15, -0.1) is 0 Å². The largest absolute Gasteiger partial charge is 0.383 e. The van der Waals surface area contributed by atoms with E-state index in [0.29, 0.717) is 17.6 Å². The van der Waals surface area contributed by atoms with Crippen molar-refractivity contribution in [2.75, 3.05) is 26.9 Å². The minimum Gasteiger partial charge on any atom is -0.383 e. The molecule has 3 nitrogen and oxygen atoms in total. The van der Waals surface area contributed by atoms with Crippen LogP contribution in [-0.4, -0.2) is 39.0 Å². The number of methoxy groups -OCH3 is 1. The van der Waals surface area contributed by atoms with Gasteiger partial charge in [-0.25, -0.2) is 0 Å². The third kappa shape index (κ3) is 2.13. The Morgan fingerprint density at radius 2 is 2.06 bits per heavy atom. The summed E-state index contributed by atoms with van der Waals surface area (Å²) >= 11 is 0. The lowest BCUT2D eigenvalue weighted by Crippen LogP contribution is -2.63. The molecule has 2 aliphatic rings. The lowest BCUT2D eigenvalue weighted by Gasteiger charge is -2.54. The van der Waals surface area contributed by atoms with E-state index in [1.165, 1.54) is 32.1 Å². The summed E-state index contributed by atoms with van der Waals surface area (Å²) in [6.45, 7) is 4.75. The Labute approximate surface area is 98.9 Å². The van der Waals surface area contributed by atoms with Crippen molar-refractivity contribution >= 4 is 0 Å². The molecular weight excluding hydrogens is 202 g/mol. The van der Waals surface area contributed by atoms with Gasteiger partial charge >= 0.3 is 0 Å². The molecule has 2 rings (SSSR count). The van der Waals surface area contributed by atoms with Gasteiger partial charge in [0.05, 0.1) is 12.7 Å². The van der Waals surface area contributed by atoms with Crippen molar-refractivity contribution in [3.8, 4) is 0 Å². The second-order valence-corrected chi connectivity index (χ2v) is 5.12. The van der Waals surface area contributed by atoms with Crippen molar-refractivity contribution in [1.29, 1.82) is 0 Å². The van der Waals surface area contributed by atoms with Gasteiger partial charge in [-0.3, -0.25) is 0 Å². The molecule has 1 N–H and O–H groups in total. The van der Waals surface area contributed by atoms with Crippen molar-refractivity contribution in [1.82, 2.24) is 5.32 Å². The molecule has 2 unspecified atom stereocenters. The summed E-state index contributed by atoms with van der Waals surface area (Å²) in [7, 11) is 1.76. The van der Waals surface area contributed by atoms with Gasteiger partial charge in [0.25, 0.3) is 0 Å². The summed E-state index contributed by atoms with van der Waals surface area (Å²) in [5, 5.41) is 3.64. The van der Waals surface area contributed by atoms with Crippen LogP contribution in [0.1, 0.15) is 39.0 Å². The summed E-state index contributed by atoms with van der Waals surface area (Å²) in [6.07, 6.45) is 7.17. The Balaban J connectivity index is 1.85. The Morgan fingerprint density at radius 1 is 1.31 bits per heavy atom. The van der Waals surface area contributed by atoms with E-state index in [4.69, 9.17) is 9.47 Å². The van der Waals surface area contributed by atoms with E-state index >= 15 is 0 Å². The SMILES string of the molecule is CCOC1CC(NCCOC)C12CCCC2. The molecule has 2 atom stereocenters. The predicted octanol–water partition coefficient (Wildman–Crippen LogP) is 1.96. The van der Waals surface area contributed by atoms with E-state index in [1.807, 2.05) is 0 Å². The summed E-state index contributed by atoms with van der Waals surface area (Å²) in [4.78, 5) is 0. The highest BCUT2D eigenvalue weighted by Gasteiger charge is 2.56. The van der Waals surface area contributed by atoms with Gasteiger partial charge in [-0.05, 0) is 26.2 Å². The fourth-order valence-corrected chi connectivity index (χ4v) is 3.51. The minimum absolute atomic E-state index is 0.462.